The van der Waals surface area contributed by atoms with Crippen molar-refractivity contribution in [2.45, 2.75) is 18.9 Å². The molecule has 30 heavy (non-hydrogen) atoms. The van der Waals surface area contributed by atoms with Crippen LogP contribution >= 0.6 is 15.9 Å². The molecule has 1 aliphatic heterocycles. The van der Waals surface area contributed by atoms with Gasteiger partial charge in [-0.25, -0.2) is 14.2 Å². The Morgan fingerprint density at radius 1 is 1.23 bits per heavy atom. The van der Waals surface area contributed by atoms with Crippen LogP contribution in [0.25, 0.3) is 11.7 Å². The van der Waals surface area contributed by atoms with Crippen molar-refractivity contribution < 1.29 is 14.0 Å². The van der Waals surface area contributed by atoms with E-state index in [4.69, 9.17) is 0 Å². The summed E-state index contributed by atoms with van der Waals surface area (Å²) in [5, 5.41) is 15.3. The van der Waals surface area contributed by atoms with E-state index in [1.165, 1.54) is 12.1 Å². The Balaban J connectivity index is 1.59. The number of hydrogen-bond donors (Lipinski definition) is 4. The van der Waals surface area contributed by atoms with Crippen LogP contribution in [0, 0.1) is 5.82 Å². The number of rotatable bonds is 5. The number of urea groups is 1. The number of hydrogen-bond acceptors (Lipinski definition) is 6. The SMILES string of the molecule is O=C1NC(=O)/C(=C/c2cnn3c(NC4CC4)cc(Nc4cc(Br)ccc4F)nc23)N1. The molecule has 3 aromatic rings. The van der Waals surface area contributed by atoms with E-state index in [0.717, 1.165) is 17.3 Å². The van der Waals surface area contributed by atoms with E-state index in [-0.39, 0.29) is 11.4 Å². The lowest BCUT2D eigenvalue weighted by Gasteiger charge is -2.12. The Morgan fingerprint density at radius 3 is 2.80 bits per heavy atom. The molecule has 5 rings (SSSR count). The van der Waals surface area contributed by atoms with Gasteiger partial charge in [0.1, 0.15) is 23.1 Å². The number of carbonyl (C=O) groups excluding carboxylic acids is 2. The van der Waals surface area contributed by atoms with Gasteiger partial charge in [-0.05, 0) is 37.1 Å². The molecule has 2 aliphatic rings. The molecule has 1 aromatic carbocycles. The molecule has 3 amide bonds. The first-order valence-electron chi connectivity index (χ1n) is 9.18. The maximum atomic E-state index is 14.2. The summed E-state index contributed by atoms with van der Waals surface area (Å²) in [6.07, 6.45) is 5.16. The van der Waals surface area contributed by atoms with Crippen LogP contribution in [0.2, 0.25) is 0 Å². The fourth-order valence-corrected chi connectivity index (χ4v) is 3.42. The quantitative estimate of drug-likeness (QED) is 0.336. The van der Waals surface area contributed by atoms with Gasteiger partial charge < -0.3 is 16.0 Å². The van der Waals surface area contributed by atoms with E-state index in [1.807, 2.05) is 0 Å². The van der Waals surface area contributed by atoms with Gasteiger partial charge in [0.05, 0.1) is 11.9 Å². The highest BCUT2D eigenvalue weighted by Crippen LogP contribution is 2.29. The second-order valence-corrected chi connectivity index (χ2v) is 7.91. The number of amides is 3. The Hall–Kier alpha value is -3.47. The van der Waals surface area contributed by atoms with Gasteiger partial charge >= 0.3 is 6.03 Å². The third-order valence-corrected chi connectivity index (χ3v) is 5.13. The minimum Gasteiger partial charge on any atom is -0.367 e. The highest BCUT2D eigenvalue weighted by molar-refractivity contribution is 9.10. The summed E-state index contributed by atoms with van der Waals surface area (Å²) in [5.41, 5.74) is 1.34. The van der Waals surface area contributed by atoms with Crippen LogP contribution in [0.1, 0.15) is 18.4 Å². The van der Waals surface area contributed by atoms with Crippen molar-refractivity contribution >= 4 is 56.9 Å². The topological polar surface area (TPSA) is 112 Å². The highest BCUT2D eigenvalue weighted by Gasteiger charge is 2.25. The lowest BCUT2D eigenvalue weighted by Crippen LogP contribution is -2.22. The van der Waals surface area contributed by atoms with E-state index in [0.29, 0.717) is 28.9 Å². The van der Waals surface area contributed by atoms with Crippen LogP contribution in [-0.4, -0.2) is 32.6 Å². The van der Waals surface area contributed by atoms with Gasteiger partial charge in [-0.3, -0.25) is 10.1 Å². The summed E-state index contributed by atoms with van der Waals surface area (Å²) in [5.74, 6) is 0.145. The smallest absolute Gasteiger partial charge is 0.326 e. The lowest BCUT2D eigenvalue weighted by atomic mass is 10.2. The van der Waals surface area contributed by atoms with Crippen LogP contribution in [0.3, 0.4) is 0 Å². The highest BCUT2D eigenvalue weighted by atomic mass is 79.9. The monoisotopic (exact) mass is 471 g/mol. The predicted octanol–water partition coefficient (Wildman–Crippen LogP) is 3.13. The van der Waals surface area contributed by atoms with Crippen molar-refractivity contribution in [1.82, 2.24) is 25.2 Å². The molecule has 1 saturated heterocycles. The van der Waals surface area contributed by atoms with Crippen molar-refractivity contribution in [2.24, 2.45) is 0 Å². The van der Waals surface area contributed by atoms with E-state index < -0.39 is 17.8 Å². The van der Waals surface area contributed by atoms with Crippen LogP contribution in [-0.2, 0) is 4.79 Å². The first kappa shape index (κ1) is 18.6. The second kappa shape index (κ2) is 7.10. The number of nitrogens with one attached hydrogen (secondary N) is 4. The number of benzene rings is 1. The van der Waals surface area contributed by atoms with E-state index >= 15 is 0 Å². The third kappa shape index (κ3) is 3.59. The molecule has 9 nitrogen and oxygen atoms in total. The van der Waals surface area contributed by atoms with Gasteiger partial charge in [-0.2, -0.15) is 9.61 Å². The van der Waals surface area contributed by atoms with E-state index in [2.05, 4.69) is 47.3 Å². The lowest BCUT2D eigenvalue weighted by molar-refractivity contribution is -0.115. The summed E-state index contributed by atoms with van der Waals surface area (Å²) >= 11 is 3.34. The molecule has 0 radical (unpaired) electrons. The Kier molecular flexibility index (Phi) is 4.39. The maximum Gasteiger partial charge on any atom is 0.326 e. The zero-order chi connectivity index (χ0) is 20.8. The second-order valence-electron chi connectivity index (χ2n) is 7.00. The van der Waals surface area contributed by atoms with Gasteiger partial charge in [0.25, 0.3) is 5.91 Å². The molecule has 1 saturated carbocycles. The molecule has 11 heteroatoms. The van der Waals surface area contributed by atoms with Crippen LogP contribution < -0.4 is 21.3 Å². The molecular weight excluding hydrogens is 457 g/mol. The number of nitrogens with zero attached hydrogens (tertiary/aromatic N) is 3. The van der Waals surface area contributed by atoms with Gasteiger partial charge in [0, 0.05) is 22.1 Å². The Bertz CT molecular complexity index is 1240. The number of carbonyl (C=O) groups is 2. The van der Waals surface area contributed by atoms with Crippen molar-refractivity contribution in [3.8, 4) is 0 Å². The van der Waals surface area contributed by atoms with Crippen molar-refractivity contribution in [3.63, 3.8) is 0 Å². The summed E-state index contributed by atoms with van der Waals surface area (Å²) in [7, 11) is 0. The molecule has 0 unspecified atom stereocenters. The minimum atomic E-state index is -0.584. The van der Waals surface area contributed by atoms with Gasteiger partial charge in [-0.15, -0.1) is 0 Å². The summed E-state index contributed by atoms with van der Waals surface area (Å²) < 4.78 is 16.6. The van der Waals surface area contributed by atoms with Crippen molar-refractivity contribution in [2.75, 3.05) is 10.6 Å². The molecule has 1 aliphatic carbocycles. The van der Waals surface area contributed by atoms with Crippen LogP contribution in [0.5, 0.6) is 0 Å². The van der Waals surface area contributed by atoms with E-state index in [1.54, 1.807) is 28.9 Å². The standard InChI is InChI=1S/C19H15BrFN7O2/c20-10-1-4-12(21)13(6-10)24-15-7-16(23-11-2-3-11)28-17(26-15)9(8-22-28)5-14-18(29)27-19(30)25-14/h1,4-8,11,23H,2-3H2,(H,24,26)(H2,25,27,29,30)/b14-5-. The zero-order valence-electron chi connectivity index (χ0n) is 15.4. The molecule has 3 heterocycles. The molecule has 2 fully saturated rings. The first-order valence-corrected chi connectivity index (χ1v) is 9.97. The van der Waals surface area contributed by atoms with Gasteiger partial charge in [-0.1, -0.05) is 15.9 Å². The van der Waals surface area contributed by atoms with Gasteiger partial charge in [0.2, 0.25) is 0 Å². The summed E-state index contributed by atoms with van der Waals surface area (Å²) in [6, 6.07) is 6.09. The molecule has 0 atom stereocenters. The van der Waals surface area contributed by atoms with Crippen molar-refractivity contribution in [1.29, 1.82) is 0 Å². The number of fused-ring (bicyclic) bond motifs is 1. The number of aromatic nitrogens is 3. The number of halogens is 2. The average Bonchev–Trinajstić information content (AvgIpc) is 3.34. The van der Waals surface area contributed by atoms with E-state index in [9.17, 15) is 14.0 Å². The molecule has 4 N–H and O–H groups in total. The average molecular weight is 472 g/mol. The van der Waals surface area contributed by atoms with Crippen molar-refractivity contribution in [3.05, 3.63) is 52.0 Å². The maximum absolute atomic E-state index is 14.2. The Labute approximate surface area is 177 Å². The largest absolute Gasteiger partial charge is 0.367 e. The molecule has 0 bridgehead atoms. The minimum absolute atomic E-state index is 0.102. The summed E-state index contributed by atoms with van der Waals surface area (Å²) in [6.45, 7) is 0. The Morgan fingerprint density at radius 2 is 2.07 bits per heavy atom. The fourth-order valence-electron chi connectivity index (χ4n) is 3.05. The van der Waals surface area contributed by atoms with Crippen LogP contribution in [0.15, 0.2) is 40.6 Å². The molecular formula is C19H15BrFN7O2. The zero-order valence-corrected chi connectivity index (χ0v) is 17.0. The molecule has 152 valence electrons. The molecule has 0 spiro atoms. The number of anilines is 3. The fraction of sp³-hybridized carbons (Fsp3) is 0.158. The number of imide groups is 1. The van der Waals surface area contributed by atoms with Crippen LogP contribution in [0.4, 0.5) is 26.5 Å². The first-order chi connectivity index (χ1) is 14.5. The summed E-state index contributed by atoms with van der Waals surface area (Å²) in [4.78, 5) is 27.8. The normalized spacial score (nSPS) is 17.3. The molecule has 2 aromatic heterocycles. The van der Waals surface area contributed by atoms with Gasteiger partial charge in [0.15, 0.2) is 5.65 Å². The third-order valence-electron chi connectivity index (χ3n) is 4.64. The predicted molar refractivity (Wildman–Crippen MR) is 112 cm³/mol.